The van der Waals surface area contributed by atoms with E-state index in [-0.39, 0.29) is 17.7 Å². The van der Waals surface area contributed by atoms with Gasteiger partial charge in [0, 0.05) is 18.7 Å². The maximum Gasteiger partial charge on any atom is 0.222 e. The Morgan fingerprint density at radius 3 is 2.78 bits per heavy atom. The van der Waals surface area contributed by atoms with E-state index >= 15 is 0 Å². The predicted octanol–water partition coefficient (Wildman–Crippen LogP) is 0.494. The smallest absolute Gasteiger partial charge is 0.222 e. The number of anilines is 2. The standard InChI is InChI=1S/C12H19N5O/c1-7(2)9-10(13)15-6-16-12(9)17-4-3-8(5-17)11(14)18/h6-8H,3-5H2,1-2H3,(H2,14,18)(H2,13,15,16). The van der Waals surface area contributed by atoms with Crippen LogP contribution < -0.4 is 16.4 Å². The first kappa shape index (κ1) is 12.6. The molecule has 0 aromatic carbocycles. The molecule has 6 nitrogen and oxygen atoms in total. The van der Waals surface area contributed by atoms with Crippen LogP contribution in [0.5, 0.6) is 0 Å². The topological polar surface area (TPSA) is 98.1 Å². The van der Waals surface area contributed by atoms with Crippen LogP contribution in [0.4, 0.5) is 11.6 Å². The van der Waals surface area contributed by atoms with Crippen molar-refractivity contribution in [3.05, 3.63) is 11.9 Å². The summed E-state index contributed by atoms with van der Waals surface area (Å²) in [5.74, 6) is 1.25. The zero-order valence-electron chi connectivity index (χ0n) is 10.8. The average molecular weight is 249 g/mol. The first-order chi connectivity index (χ1) is 8.50. The Balaban J connectivity index is 2.30. The fourth-order valence-electron chi connectivity index (χ4n) is 2.39. The van der Waals surface area contributed by atoms with Gasteiger partial charge in [-0.05, 0) is 12.3 Å². The molecule has 0 radical (unpaired) electrons. The third-order valence-corrected chi connectivity index (χ3v) is 3.36. The number of primary amides is 1. The van der Waals surface area contributed by atoms with E-state index in [0.717, 1.165) is 24.3 Å². The minimum absolute atomic E-state index is 0.0961. The van der Waals surface area contributed by atoms with Gasteiger partial charge in [-0.25, -0.2) is 9.97 Å². The lowest BCUT2D eigenvalue weighted by Crippen LogP contribution is -2.28. The average Bonchev–Trinajstić information content (AvgIpc) is 2.77. The van der Waals surface area contributed by atoms with Gasteiger partial charge in [0.2, 0.25) is 5.91 Å². The molecule has 1 aliphatic rings. The Morgan fingerprint density at radius 1 is 1.50 bits per heavy atom. The van der Waals surface area contributed by atoms with Crippen LogP contribution in [0.15, 0.2) is 6.33 Å². The molecule has 1 fully saturated rings. The number of nitrogen functional groups attached to an aromatic ring is 1. The van der Waals surface area contributed by atoms with Crippen LogP contribution >= 0.6 is 0 Å². The van der Waals surface area contributed by atoms with E-state index in [1.54, 1.807) is 0 Å². The summed E-state index contributed by atoms with van der Waals surface area (Å²) in [7, 11) is 0. The summed E-state index contributed by atoms with van der Waals surface area (Å²) in [5.41, 5.74) is 12.2. The monoisotopic (exact) mass is 249 g/mol. The van der Waals surface area contributed by atoms with E-state index in [0.29, 0.717) is 12.4 Å². The van der Waals surface area contributed by atoms with E-state index in [1.165, 1.54) is 6.33 Å². The van der Waals surface area contributed by atoms with Crippen LogP contribution in [0, 0.1) is 5.92 Å². The van der Waals surface area contributed by atoms with Crippen molar-refractivity contribution in [2.45, 2.75) is 26.2 Å². The quantitative estimate of drug-likeness (QED) is 0.812. The molecular weight excluding hydrogens is 230 g/mol. The van der Waals surface area contributed by atoms with Gasteiger partial charge in [0.25, 0.3) is 0 Å². The molecule has 18 heavy (non-hydrogen) atoms. The van der Waals surface area contributed by atoms with Gasteiger partial charge < -0.3 is 16.4 Å². The lowest BCUT2D eigenvalue weighted by molar-refractivity contribution is -0.121. The van der Waals surface area contributed by atoms with Crippen LogP contribution in [-0.2, 0) is 4.79 Å². The predicted molar refractivity (Wildman–Crippen MR) is 70.0 cm³/mol. The summed E-state index contributed by atoms with van der Waals surface area (Å²) >= 11 is 0. The number of nitrogens with two attached hydrogens (primary N) is 2. The highest BCUT2D eigenvalue weighted by atomic mass is 16.1. The normalized spacial score (nSPS) is 19.5. The molecule has 1 aromatic heterocycles. The van der Waals surface area contributed by atoms with Crippen LogP contribution in [0.25, 0.3) is 0 Å². The Morgan fingerprint density at radius 2 is 2.22 bits per heavy atom. The summed E-state index contributed by atoms with van der Waals surface area (Å²) in [6.45, 7) is 5.51. The Kier molecular flexibility index (Phi) is 3.36. The Hall–Kier alpha value is -1.85. The van der Waals surface area contributed by atoms with E-state index in [9.17, 15) is 4.79 Å². The molecule has 0 saturated carbocycles. The van der Waals surface area contributed by atoms with Crippen LogP contribution in [0.2, 0.25) is 0 Å². The molecule has 2 heterocycles. The second kappa shape index (κ2) is 4.80. The highest BCUT2D eigenvalue weighted by molar-refractivity contribution is 5.78. The highest BCUT2D eigenvalue weighted by Gasteiger charge is 2.29. The second-order valence-corrected chi connectivity index (χ2v) is 4.98. The zero-order chi connectivity index (χ0) is 13.3. The third kappa shape index (κ3) is 2.23. The highest BCUT2D eigenvalue weighted by Crippen LogP contribution is 2.32. The first-order valence-electron chi connectivity index (χ1n) is 6.15. The first-order valence-corrected chi connectivity index (χ1v) is 6.15. The molecule has 4 N–H and O–H groups in total. The van der Waals surface area contributed by atoms with Gasteiger partial charge >= 0.3 is 0 Å². The number of aromatic nitrogens is 2. The molecule has 1 aromatic rings. The van der Waals surface area contributed by atoms with Gasteiger partial charge in [-0.2, -0.15) is 0 Å². The number of rotatable bonds is 3. The molecule has 0 bridgehead atoms. The van der Waals surface area contributed by atoms with Crippen molar-refractivity contribution in [1.29, 1.82) is 0 Å². The van der Waals surface area contributed by atoms with Crippen LogP contribution in [0.1, 0.15) is 31.7 Å². The van der Waals surface area contributed by atoms with Gasteiger partial charge in [0.05, 0.1) is 5.92 Å². The Bertz CT molecular complexity index is 460. The lowest BCUT2D eigenvalue weighted by Gasteiger charge is -2.22. The molecule has 0 spiro atoms. The minimum Gasteiger partial charge on any atom is -0.383 e. The van der Waals surface area contributed by atoms with Gasteiger partial charge in [-0.1, -0.05) is 13.8 Å². The molecule has 1 amide bonds. The summed E-state index contributed by atoms with van der Waals surface area (Å²) in [6.07, 6.45) is 2.24. The minimum atomic E-state index is -0.245. The fraction of sp³-hybridized carbons (Fsp3) is 0.583. The SMILES string of the molecule is CC(C)c1c(N)ncnc1N1CCC(C(N)=O)C1. The second-order valence-electron chi connectivity index (χ2n) is 4.98. The van der Waals surface area contributed by atoms with Crippen LogP contribution in [0.3, 0.4) is 0 Å². The molecule has 6 heteroatoms. The fourth-order valence-corrected chi connectivity index (χ4v) is 2.39. The van der Waals surface area contributed by atoms with Gasteiger partial charge in [0.15, 0.2) is 0 Å². The number of carbonyl (C=O) groups excluding carboxylic acids is 1. The maximum atomic E-state index is 11.2. The number of carbonyl (C=O) groups is 1. The number of nitrogens with zero attached hydrogens (tertiary/aromatic N) is 3. The molecule has 1 saturated heterocycles. The maximum absolute atomic E-state index is 11.2. The zero-order valence-corrected chi connectivity index (χ0v) is 10.8. The molecule has 98 valence electrons. The Labute approximate surface area is 106 Å². The molecule has 2 rings (SSSR count). The van der Waals surface area contributed by atoms with Gasteiger partial charge in [-0.15, -0.1) is 0 Å². The summed E-state index contributed by atoms with van der Waals surface area (Å²) in [5, 5.41) is 0. The molecule has 1 atom stereocenters. The van der Waals surface area contributed by atoms with E-state index in [1.807, 2.05) is 0 Å². The van der Waals surface area contributed by atoms with Gasteiger partial charge in [0.1, 0.15) is 18.0 Å². The molecule has 0 aliphatic carbocycles. The van der Waals surface area contributed by atoms with Crippen molar-refractivity contribution in [1.82, 2.24) is 9.97 Å². The summed E-state index contributed by atoms with van der Waals surface area (Å²) < 4.78 is 0. The number of amides is 1. The van der Waals surface area contributed by atoms with Crippen molar-refractivity contribution in [3.63, 3.8) is 0 Å². The van der Waals surface area contributed by atoms with E-state index in [4.69, 9.17) is 11.5 Å². The van der Waals surface area contributed by atoms with E-state index < -0.39 is 0 Å². The summed E-state index contributed by atoms with van der Waals surface area (Å²) in [6, 6.07) is 0. The lowest BCUT2D eigenvalue weighted by atomic mass is 10.0. The van der Waals surface area contributed by atoms with Crippen molar-refractivity contribution < 1.29 is 4.79 Å². The van der Waals surface area contributed by atoms with Crippen molar-refractivity contribution >= 4 is 17.5 Å². The molecular formula is C12H19N5O. The third-order valence-electron chi connectivity index (χ3n) is 3.36. The van der Waals surface area contributed by atoms with Crippen molar-refractivity contribution in [2.75, 3.05) is 23.7 Å². The summed E-state index contributed by atoms with van der Waals surface area (Å²) in [4.78, 5) is 21.6. The molecule has 1 aliphatic heterocycles. The van der Waals surface area contributed by atoms with Crippen LogP contribution in [-0.4, -0.2) is 29.0 Å². The van der Waals surface area contributed by atoms with Gasteiger partial charge in [-0.3, -0.25) is 4.79 Å². The van der Waals surface area contributed by atoms with Crippen molar-refractivity contribution in [3.8, 4) is 0 Å². The van der Waals surface area contributed by atoms with Crippen molar-refractivity contribution in [2.24, 2.45) is 11.7 Å². The largest absolute Gasteiger partial charge is 0.383 e. The molecule has 1 unspecified atom stereocenters. The van der Waals surface area contributed by atoms with E-state index in [2.05, 4.69) is 28.7 Å². The number of hydrogen-bond donors (Lipinski definition) is 2. The number of hydrogen-bond acceptors (Lipinski definition) is 5.